The first-order valence-electron chi connectivity index (χ1n) is 6.39. The molecule has 0 aliphatic heterocycles. The van der Waals surface area contributed by atoms with E-state index in [0.29, 0.717) is 24.7 Å². The van der Waals surface area contributed by atoms with Crippen molar-refractivity contribution < 1.29 is 19.9 Å². The smallest absolute Gasteiger partial charge is 0.343 e. The predicted octanol–water partition coefficient (Wildman–Crippen LogP) is 1.25. The second kappa shape index (κ2) is 5.98. The van der Waals surface area contributed by atoms with Gasteiger partial charge < -0.3 is 10.2 Å². The van der Waals surface area contributed by atoms with E-state index >= 15 is 0 Å². The summed E-state index contributed by atoms with van der Waals surface area (Å²) in [6.45, 7) is 0.717. The molecule has 0 atom stereocenters. The lowest BCUT2D eigenvalue weighted by Gasteiger charge is -2.21. The average Bonchev–Trinajstić information content (AvgIpc) is 3.21. The van der Waals surface area contributed by atoms with E-state index in [0.717, 1.165) is 12.8 Å². The summed E-state index contributed by atoms with van der Waals surface area (Å²) in [5.41, 5.74) is -0.247. The van der Waals surface area contributed by atoms with E-state index in [-0.39, 0.29) is 12.2 Å². The molecule has 2 N–H and O–H groups in total. The van der Waals surface area contributed by atoms with Crippen LogP contribution in [0.25, 0.3) is 0 Å². The molecule has 0 spiro atoms. The second-order valence-corrected chi connectivity index (χ2v) is 4.80. The summed E-state index contributed by atoms with van der Waals surface area (Å²) in [6.07, 6.45) is 2.02. The molecular formula is C13H16N2O5. The van der Waals surface area contributed by atoms with E-state index in [1.54, 1.807) is 6.07 Å². The Kier molecular flexibility index (Phi) is 4.31. The molecule has 0 saturated heterocycles. The van der Waals surface area contributed by atoms with Crippen LogP contribution in [0.4, 0.5) is 5.69 Å². The van der Waals surface area contributed by atoms with Crippen molar-refractivity contribution in [3.05, 3.63) is 39.4 Å². The Morgan fingerprint density at radius 2 is 2.15 bits per heavy atom. The standard InChI is InChI=1S/C13H16N2O5/c16-7-6-14(10-4-5-10)8-9-2-1-3-11(15(19)20)12(9)13(17)18/h1-3,10,16H,4-8H2,(H,17,18). The molecule has 0 amide bonds. The summed E-state index contributed by atoms with van der Waals surface area (Å²) in [5.74, 6) is -1.30. The number of carboxylic acid groups (broad SMARTS) is 1. The van der Waals surface area contributed by atoms with Crippen molar-refractivity contribution in [3.63, 3.8) is 0 Å². The van der Waals surface area contributed by atoms with Gasteiger partial charge in [0, 0.05) is 25.2 Å². The highest BCUT2D eigenvalue weighted by Crippen LogP contribution is 2.30. The fraction of sp³-hybridized carbons (Fsp3) is 0.462. The number of nitro benzene ring substituents is 1. The van der Waals surface area contributed by atoms with Crippen molar-refractivity contribution in [1.29, 1.82) is 0 Å². The molecule has 7 heteroatoms. The molecule has 108 valence electrons. The van der Waals surface area contributed by atoms with E-state index < -0.39 is 16.6 Å². The lowest BCUT2D eigenvalue weighted by atomic mass is 10.0. The van der Waals surface area contributed by atoms with Crippen LogP contribution >= 0.6 is 0 Å². The fourth-order valence-electron chi connectivity index (χ4n) is 2.30. The topological polar surface area (TPSA) is 104 Å². The normalized spacial score (nSPS) is 14.5. The van der Waals surface area contributed by atoms with Gasteiger partial charge in [0.05, 0.1) is 11.5 Å². The number of aromatic carboxylic acids is 1. The molecule has 1 aliphatic rings. The SMILES string of the molecule is O=C(O)c1c(CN(CCO)C2CC2)cccc1[N+](=O)[O-]. The summed E-state index contributed by atoms with van der Waals surface area (Å²) >= 11 is 0. The molecule has 1 aliphatic carbocycles. The summed E-state index contributed by atoms with van der Waals surface area (Å²) < 4.78 is 0. The number of nitro groups is 1. The van der Waals surface area contributed by atoms with Crippen molar-refractivity contribution >= 4 is 11.7 Å². The summed E-state index contributed by atoms with van der Waals surface area (Å²) in [6, 6.07) is 4.61. The van der Waals surface area contributed by atoms with Crippen LogP contribution in [0.3, 0.4) is 0 Å². The van der Waals surface area contributed by atoms with Gasteiger partial charge in [-0.2, -0.15) is 0 Å². The Bertz CT molecular complexity index is 527. The zero-order valence-electron chi connectivity index (χ0n) is 10.9. The average molecular weight is 280 g/mol. The van der Waals surface area contributed by atoms with Gasteiger partial charge in [-0.05, 0) is 18.4 Å². The monoisotopic (exact) mass is 280 g/mol. The maximum Gasteiger partial charge on any atom is 0.343 e. The summed E-state index contributed by atoms with van der Waals surface area (Å²) in [4.78, 5) is 23.5. The lowest BCUT2D eigenvalue weighted by Crippen LogP contribution is -2.29. The van der Waals surface area contributed by atoms with Gasteiger partial charge in [0.2, 0.25) is 0 Å². The Hall–Kier alpha value is -1.99. The number of aliphatic hydroxyl groups is 1. The first-order chi connectivity index (χ1) is 9.54. The summed E-state index contributed by atoms with van der Waals surface area (Å²) in [7, 11) is 0. The van der Waals surface area contributed by atoms with Gasteiger partial charge in [0.25, 0.3) is 5.69 Å². The third kappa shape index (κ3) is 3.12. The van der Waals surface area contributed by atoms with Gasteiger partial charge in [-0.1, -0.05) is 12.1 Å². The minimum Gasteiger partial charge on any atom is -0.477 e. The lowest BCUT2D eigenvalue weighted by molar-refractivity contribution is -0.385. The zero-order valence-corrected chi connectivity index (χ0v) is 10.9. The molecule has 1 aromatic carbocycles. The van der Waals surface area contributed by atoms with Crippen molar-refractivity contribution in [1.82, 2.24) is 4.90 Å². The highest BCUT2D eigenvalue weighted by Gasteiger charge is 2.31. The maximum atomic E-state index is 11.3. The van der Waals surface area contributed by atoms with E-state index in [1.165, 1.54) is 12.1 Å². The van der Waals surface area contributed by atoms with Crippen molar-refractivity contribution in [2.45, 2.75) is 25.4 Å². The third-order valence-electron chi connectivity index (χ3n) is 3.36. The van der Waals surface area contributed by atoms with Crippen LogP contribution in [0.15, 0.2) is 18.2 Å². The molecule has 7 nitrogen and oxygen atoms in total. The number of hydrogen-bond acceptors (Lipinski definition) is 5. The molecule has 1 aromatic rings. The Morgan fingerprint density at radius 3 is 2.65 bits per heavy atom. The Labute approximate surface area is 115 Å². The largest absolute Gasteiger partial charge is 0.477 e. The Balaban J connectivity index is 2.32. The number of nitrogens with zero attached hydrogens (tertiary/aromatic N) is 2. The van der Waals surface area contributed by atoms with Crippen molar-refractivity contribution in [3.8, 4) is 0 Å². The molecule has 0 radical (unpaired) electrons. The molecule has 20 heavy (non-hydrogen) atoms. The van der Waals surface area contributed by atoms with Crippen LogP contribution in [0.5, 0.6) is 0 Å². The third-order valence-corrected chi connectivity index (χ3v) is 3.36. The zero-order chi connectivity index (χ0) is 14.7. The number of carboxylic acids is 1. The number of hydrogen-bond donors (Lipinski definition) is 2. The summed E-state index contributed by atoms with van der Waals surface area (Å²) in [5, 5.41) is 29.2. The molecule has 0 heterocycles. The molecule has 1 saturated carbocycles. The first-order valence-corrected chi connectivity index (χ1v) is 6.39. The number of benzene rings is 1. The number of aliphatic hydroxyl groups excluding tert-OH is 1. The minimum atomic E-state index is -1.30. The van der Waals surface area contributed by atoms with E-state index in [9.17, 15) is 20.0 Å². The van der Waals surface area contributed by atoms with Crippen LogP contribution < -0.4 is 0 Å². The predicted molar refractivity (Wildman–Crippen MR) is 70.6 cm³/mol. The highest BCUT2D eigenvalue weighted by atomic mass is 16.6. The number of carbonyl (C=O) groups is 1. The number of rotatable bonds is 7. The molecule has 1 fully saturated rings. The molecule has 0 bridgehead atoms. The van der Waals surface area contributed by atoms with Crippen LogP contribution in [-0.4, -0.2) is 45.2 Å². The van der Waals surface area contributed by atoms with Gasteiger partial charge in [0.15, 0.2) is 0 Å². The van der Waals surface area contributed by atoms with Crippen LogP contribution in [0.1, 0.15) is 28.8 Å². The van der Waals surface area contributed by atoms with E-state index in [4.69, 9.17) is 5.11 Å². The fourth-order valence-corrected chi connectivity index (χ4v) is 2.30. The van der Waals surface area contributed by atoms with Gasteiger partial charge in [-0.15, -0.1) is 0 Å². The van der Waals surface area contributed by atoms with Gasteiger partial charge >= 0.3 is 5.97 Å². The van der Waals surface area contributed by atoms with Crippen LogP contribution in [-0.2, 0) is 6.54 Å². The molecule has 0 aromatic heterocycles. The van der Waals surface area contributed by atoms with Crippen molar-refractivity contribution in [2.75, 3.05) is 13.2 Å². The van der Waals surface area contributed by atoms with E-state index in [1.807, 2.05) is 4.90 Å². The second-order valence-electron chi connectivity index (χ2n) is 4.80. The van der Waals surface area contributed by atoms with Gasteiger partial charge in [-0.25, -0.2) is 4.79 Å². The molecule has 0 unspecified atom stereocenters. The molecular weight excluding hydrogens is 264 g/mol. The molecule has 2 rings (SSSR count). The quantitative estimate of drug-likeness (QED) is 0.575. The minimum absolute atomic E-state index is 0.0200. The van der Waals surface area contributed by atoms with Crippen LogP contribution in [0.2, 0.25) is 0 Å². The van der Waals surface area contributed by atoms with Crippen LogP contribution in [0, 0.1) is 10.1 Å². The van der Waals surface area contributed by atoms with Gasteiger partial charge in [-0.3, -0.25) is 15.0 Å². The Morgan fingerprint density at radius 1 is 1.45 bits per heavy atom. The van der Waals surface area contributed by atoms with E-state index in [2.05, 4.69) is 0 Å². The van der Waals surface area contributed by atoms with Gasteiger partial charge in [0.1, 0.15) is 5.56 Å². The van der Waals surface area contributed by atoms with Crippen molar-refractivity contribution in [2.24, 2.45) is 0 Å². The maximum absolute atomic E-state index is 11.3. The first kappa shape index (κ1) is 14.4. The highest BCUT2D eigenvalue weighted by molar-refractivity contribution is 5.94.